The number of hydrogen-bond acceptors (Lipinski definition) is 3. The van der Waals surface area contributed by atoms with Crippen LogP contribution < -0.4 is 5.32 Å². The van der Waals surface area contributed by atoms with Gasteiger partial charge in [-0.2, -0.15) is 5.10 Å². The molecule has 1 aliphatic carbocycles. The lowest BCUT2D eigenvalue weighted by Crippen LogP contribution is -2.33. The minimum Gasteiger partial charge on any atom is -0.342 e. The van der Waals surface area contributed by atoms with Crippen molar-refractivity contribution in [3.63, 3.8) is 0 Å². The van der Waals surface area contributed by atoms with Crippen LogP contribution >= 0.6 is 0 Å². The minimum absolute atomic E-state index is 0.0222. The fraction of sp³-hybridized carbons (Fsp3) is 0.438. The fourth-order valence-electron chi connectivity index (χ4n) is 3.49. The first-order valence-electron chi connectivity index (χ1n) is 7.62. The highest BCUT2D eigenvalue weighted by molar-refractivity contribution is 5.96. The lowest BCUT2D eigenvalue weighted by Gasteiger charge is -2.23. The number of carbonyl (C=O) groups excluding carboxylic acids is 1. The van der Waals surface area contributed by atoms with Gasteiger partial charge < -0.3 is 5.32 Å². The second kappa shape index (κ2) is 4.98. The van der Waals surface area contributed by atoms with Crippen LogP contribution in [-0.4, -0.2) is 20.7 Å². The van der Waals surface area contributed by atoms with Crippen LogP contribution in [0.1, 0.15) is 52.6 Å². The number of rotatable bonds is 2. The predicted octanol–water partition coefficient (Wildman–Crippen LogP) is 2.03. The summed E-state index contributed by atoms with van der Waals surface area (Å²) < 4.78 is 1.89. The van der Waals surface area contributed by atoms with E-state index in [9.17, 15) is 4.79 Å². The molecule has 0 saturated carbocycles. The molecule has 1 amide bonds. The van der Waals surface area contributed by atoms with Crippen LogP contribution in [0.5, 0.6) is 0 Å². The van der Waals surface area contributed by atoms with Gasteiger partial charge in [-0.05, 0) is 49.3 Å². The van der Waals surface area contributed by atoms with Gasteiger partial charge in [0.25, 0.3) is 5.91 Å². The topological polar surface area (TPSA) is 59.8 Å². The van der Waals surface area contributed by atoms with Gasteiger partial charge >= 0.3 is 0 Å². The third-order valence-corrected chi connectivity index (χ3v) is 4.52. The summed E-state index contributed by atoms with van der Waals surface area (Å²) in [6.07, 6.45) is 6.78. The lowest BCUT2D eigenvalue weighted by molar-refractivity contribution is 0.0926. The van der Waals surface area contributed by atoms with Gasteiger partial charge in [-0.1, -0.05) is 12.1 Å². The average Bonchev–Trinajstić information content (AvgIpc) is 3.15. The molecule has 0 unspecified atom stereocenters. The number of benzene rings is 1. The summed E-state index contributed by atoms with van der Waals surface area (Å²) in [6, 6.07) is 6.04. The first kappa shape index (κ1) is 12.6. The third-order valence-electron chi connectivity index (χ3n) is 4.52. The maximum absolute atomic E-state index is 12.6. The van der Waals surface area contributed by atoms with Crippen molar-refractivity contribution in [1.29, 1.82) is 0 Å². The van der Waals surface area contributed by atoms with E-state index in [-0.39, 0.29) is 11.9 Å². The highest BCUT2D eigenvalue weighted by atomic mass is 16.1. The monoisotopic (exact) mass is 282 g/mol. The van der Waals surface area contributed by atoms with E-state index in [2.05, 4.69) is 21.5 Å². The van der Waals surface area contributed by atoms with Crippen molar-refractivity contribution in [3.8, 4) is 0 Å². The summed E-state index contributed by atoms with van der Waals surface area (Å²) in [6.45, 7) is 0.891. The number of fused-ring (bicyclic) bond motifs is 2. The van der Waals surface area contributed by atoms with Crippen molar-refractivity contribution in [3.05, 3.63) is 47.0 Å². The highest BCUT2D eigenvalue weighted by Crippen LogP contribution is 2.27. The molecule has 4 rings (SSSR count). The smallest absolute Gasteiger partial charge is 0.252 e. The van der Waals surface area contributed by atoms with E-state index in [1.807, 2.05) is 16.8 Å². The molecule has 2 aliphatic rings. The third kappa shape index (κ3) is 2.13. The fourth-order valence-corrected chi connectivity index (χ4v) is 3.49. The average molecular weight is 282 g/mol. The Kier molecular flexibility index (Phi) is 2.98. The molecule has 1 aromatic heterocycles. The molecular weight excluding hydrogens is 264 g/mol. The molecule has 0 bridgehead atoms. The van der Waals surface area contributed by atoms with Crippen molar-refractivity contribution in [2.45, 2.75) is 44.7 Å². The standard InChI is InChI=1S/C16H18N4O/c21-16(13-7-2-5-11-4-1-6-12(11)13)19-14-8-3-9-20-15(14)17-10-18-20/h2,5,7,10,14H,1,3-4,6,8-9H2,(H,19,21)/t14-/m0/s1. The maximum atomic E-state index is 12.6. The molecule has 1 atom stereocenters. The Balaban J connectivity index is 1.59. The van der Waals surface area contributed by atoms with E-state index >= 15 is 0 Å². The molecule has 5 heteroatoms. The molecule has 0 spiro atoms. The van der Waals surface area contributed by atoms with Crippen molar-refractivity contribution >= 4 is 5.91 Å². The van der Waals surface area contributed by atoms with E-state index in [1.54, 1.807) is 6.33 Å². The van der Waals surface area contributed by atoms with Gasteiger partial charge in [0.1, 0.15) is 12.2 Å². The SMILES string of the molecule is O=C(N[C@H]1CCCn2ncnc21)c1cccc2c1CCC2. The minimum atomic E-state index is -0.0222. The van der Waals surface area contributed by atoms with E-state index in [0.29, 0.717) is 0 Å². The van der Waals surface area contributed by atoms with Crippen molar-refractivity contribution in [2.24, 2.45) is 0 Å². The summed E-state index contributed by atoms with van der Waals surface area (Å²) in [5.41, 5.74) is 3.39. The maximum Gasteiger partial charge on any atom is 0.252 e. The van der Waals surface area contributed by atoms with Gasteiger partial charge in [-0.25, -0.2) is 9.67 Å². The number of hydrogen-bond donors (Lipinski definition) is 1. The number of aryl methyl sites for hydroxylation is 2. The molecule has 0 radical (unpaired) electrons. The summed E-state index contributed by atoms with van der Waals surface area (Å²) in [7, 11) is 0. The summed E-state index contributed by atoms with van der Waals surface area (Å²) in [5.74, 6) is 0.900. The molecule has 5 nitrogen and oxygen atoms in total. The molecule has 2 heterocycles. The van der Waals surface area contributed by atoms with Crippen LogP contribution in [0.15, 0.2) is 24.5 Å². The first-order chi connectivity index (χ1) is 10.3. The van der Waals surface area contributed by atoms with Crippen LogP contribution in [0.2, 0.25) is 0 Å². The lowest BCUT2D eigenvalue weighted by atomic mass is 10.0. The molecule has 108 valence electrons. The Labute approximate surface area is 123 Å². The molecule has 1 N–H and O–H groups in total. The van der Waals surface area contributed by atoms with Crippen LogP contribution in [0, 0.1) is 0 Å². The van der Waals surface area contributed by atoms with Crippen molar-refractivity contribution in [2.75, 3.05) is 0 Å². The number of amides is 1. The zero-order chi connectivity index (χ0) is 14.2. The first-order valence-corrected chi connectivity index (χ1v) is 7.62. The largest absolute Gasteiger partial charge is 0.342 e. The van der Waals surface area contributed by atoms with Gasteiger partial charge in [-0.3, -0.25) is 4.79 Å². The normalized spacial score (nSPS) is 19.9. The van der Waals surface area contributed by atoms with Gasteiger partial charge in [0.15, 0.2) is 0 Å². The van der Waals surface area contributed by atoms with E-state index in [4.69, 9.17) is 0 Å². The van der Waals surface area contributed by atoms with Crippen LogP contribution in [0.3, 0.4) is 0 Å². The van der Waals surface area contributed by atoms with Crippen molar-refractivity contribution in [1.82, 2.24) is 20.1 Å². The van der Waals surface area contributed by atoms with Gasteiger partial charge in [0.2, 0.25) is 0 Å². The number of nitrogens with one attached hydrogen (secondary N) is 1. The number of nitrogens with zero attached hydrogens (tertiary/aromatic N) is 3. The van der Waals surface area contributed by atoms with Gasteiger partial charge in [0, 0.05) is 12.1 Å². The second-order valence-corrected chi connectivity index (χ2v) is 5.81. The van der Waals surface area contributed by atoms with Gasteiger partial charge in [-0.15, -0.1) is 0 Å². The second-order valence-electron chi connectivity index (χ2n) is 5.81. The van der Waals surface area contributed by atoms with Crippen LogP contribution in [-0.2, 0) is 19.4 Å². The van der Waals surface area contributed by atoms with Crippen LogP contribution in [0.25, 0.3) is 0 Å². The highest BCUT2D eigenvalue weighted by Gasteiger charge is 2.26. The summed E-state index contributed by atoms with van der Waals surface area (Å²) in [4.78, 5) is 16.9. The van der Waals surface area contributed by atoms with E-state index in [1.165, 1.54) is 11.1 Å². The molecule has 0 fully saturated rings. The van der Waals surface area contributed by atoms with Crippen LogP contribution in [0.4, 0.5) is 0 Å². The molecule has 2 aromatic rings. The Morgan fingerprint density at radius 3 is 3.19 bits per heavy atom. The molecule has 1 aliphatic heterocycles. The molecular formula is C16H18N4O. The van der Waals surface area contributed by atoms with E-state index < -0.39 is 0 Å². The van der Waals surface area contributed by atoms with Gasteiger partial charge in [0.05, 0.1) is 6.04 Å². The Hall–Kier alpha value is -2.17. The Morgan fingerprint density at radius 1 is 1.29 bits per heavy atom. The Bertz CT molecular complexity index is 691. The Morgan fingerprint density at radius 2 is 2.24 bits per heavy atom. The number of carbonyl (C=O) groups is 1. The summed E-state index contributed by atoms with van der Waals surface area (Å²) >= 11 is 0. The molecule has 21 heavy (non-hydrogen) atoms. The zero-order valence-electron chi connectivity index (χ0n) is 11.9. The predicted molar refractivity (Wildman–Crippen MR) is 77.9 cm³/mol. The molecule has 1 aromatic carbocycles. The number of aromatic nitrogens is 3. The zero-order valence-corrected chi connectivity index (χ0v) is 11.9. The summed E-state index contributed by atoms with van der Waals surface area (Å²) in [5, 5.41) is 7.34. The van der Waals surface area contributed by atoms with Crippen molar-refractivity contribution < 1.29 is 4.79 Å². The quantitative estimate of drug-likeness (QED) is 0.917. The molecule has 0 saturated heterocycles. The van der Waals surface area contributed by atoms with E-state index in [0.717, 1.165) is 50.0 Å².